The van der Waals surface area contributed by atoms with Crippen molar-refractivity contribution in [3.8, 4) is 12.3 Å². The van der Waals surface area contributed by atoms with Crippen LogP contribution >= 0.6 is 0 Å². The maximum absolute atomic E-state index is 13.8. The first kappa shape index (κ1) is 39.2. The number of aliphatic hydroxyl groups excluding tert-OH is 2. The molecule has 0 heterocycles. The monoisotopic (exact) mass is 640 g/mol. The van der Waals surface area contributed by atoms with Crippen LogP contribution in [0.2, 0.25) is 0 Å². The first-order chi connectivity index (χ1) is 22.0. The van der Waals surface area contributed by atoms with Gasteiger partial charge in [0.25, 0.3) is 0 Å². The molecule has 1 aromatic rings. The van der Waals surface area contributed by atoms with E-state index in [9.17, 15) is 24.6 Å². The zero-order valence-electron chi connectivity index (χ0n) is 28.9. The molecule has 4 N–H and O–H groups in total. The van der Waals surface area contributed by atoms with Crippen LogP contribution in [-0.2, 0) is 20.8 Å². The first-order valence-corrected chi connectivity index (χ1v) is 17.4. The Labute approximate surface area is 277 Å². The van der Waals surface area contributed by atoms with Gasteiger partial charge in [-0.25, -0.2) is 0 Å². The molecule has 1 unspecified atom stereocenters. The number of terminal acetylenes is 1. The zero-order chi connectivity index (χ0) is 34.1. The average Bonchev–Trinajstić information content (AvgIpc) is 3.04. The topological polar surface area (TPSA) is 122 Å². The van der Waals surface area contributed by atoms with Gasteiger partial charge in [0, 0.05) is 33.0 Å². The molecule has 0 saturated heterocycles. The molecule has 0 aliphatic heterocycles. The molecule has 258 valence electrons. The largest absolute Gasteiger partial charge is 0.390 e. The van der Waals surface area contributed by atoms with Gasteiger partial charge >= 0.3 is 0 Å². The van der Waals surface area contributed by atoms with Crippen LogP contribution in [0.4, 0.5) is 0 Å². The normalized spacial score (nSPS) is 17.0. The smallest absolute Gasteiger partial charge is 0.243 e. The van der Waals surface area contributed by atoms with Gasteiger partial charge in [-0.05, 0) is 49.8 Å². The molecule has 5 atom stereocenters. The van der Waals surface area contributed by atoms with Gasteiger partial charge in [0.05, 0.1) is 18.1 Å². The van der Waals surface area contributed by atoms with Crippen molar-refractivity contribution >= 4 is 17.7 Å². The molecule has 9 nitrogen and oxygen atoms in total. The number of rotatable bonds is 20. The van der Waals surface area contributed by atoms with E-state index in [1.807, 2.05) is 44.2 Å². The molecule has 46 heavy (non-hydrogen) atoms. The molecule has 1 saturated carbocycles. The number of amides is 3. The second-order valence-corrected chi connectivity index (χ2v) is 13.4. The summed E-state index contributed by atoms with van der Waals surface area (Å²) in [5.41, 5.74) is 0.911. The minimum atomic E-state index is -1.15. The lowest BCUT2D eigenvalue weighted by atomic mass is 9.82. The highest BCUT2D eigenvalue weighted by atomic mass is 16.3. The highest BCUT2D eigenvalue weighted by molar-refractivity contribution is 5.91. The Bertz CT molecular complexity index is 1080. The zero-order valence-corrected chi connectivity index (χ0v) is 28.9. The molecule has 3 amide bonds. The van der Waals surface area contributed by atoms with Crippen LogP contribution in [0, 0.1) is 30.1 Å². The van der Waals surface area contributed by atoms with Crippen molar-refractivity contribution in [3.63, 3.8) is 0 Å². The lowest BCUT2D eigenvalue weighted by Gasteiger charge is -2.33. The lowest BCUT2D eigenvalue weighted by molar-refractivity contribution is -0.137. The van der Waals surface area contributed by atoms with E-state index in [1.54, 1.807) is 11.9 Å². The van der Waals surface area contributed by atoms with Gasteiger partial charge in [-0.1, -0.05) is 90.1 Å². The summed E-state index contributed by atoms with van der Waals surface area (Å²) >= 11 is 0. The number of hydrogen-bond acceptors (Lipinski definition) is 6. The summed E-state index contributed by atoms with van der Waals surface area (Å²) in [5, 5.41) is 27.8. The second kappa shape index (κ2) is 21.0. The fourth-order valence-corrected chi connectivity index (χ4v) is 6.34. The number of nitrogens with zero attached hydrogens (tertiary/aromatic N) is 2. The fourth-order valence-electron chi connectivity index (χ4n) is 6.34. The van der Waals surface area contributed by atoms with Crippen molar-refractivity contribution in [3.05, 3.63) is 35.9 Å². The Hall–Kier alpha value is -2.93. The quantitative estimate of drug-likeness (QED) is 0.161. The van der Waals surface area contributed by atoms with Crippen LogP contribution < -0.4 is 10.6 Å². The SMILES string of the molecule is C#CC[C@H](NC(=O)[C@@H](CC(=O)N(C)CCN(CC)CC)Cc1ccccc1)C(=O)NC(CC1CCCCC1)[C@@H](O)[C@@H](O)CC(C)C. The van der Waals surface area contributed by atoms with E-state index >= 15 is 0 Å². The van der Waals surface area contributed by atoms with Gasteiger partial charge in [0.15, 0.2) is 0 Å². The Balaban J connectivity index is 2.21. The molecule has 1 aliphatic rings. The summed E-state index contributed by atoms with van der Waals surface area (Å²) in [7, 11) is 1.75. The fraction of sp³-hybridized carbons (Fsp3) is 0.703. The Kier molecular flexibility index (Phi) is 18.0. The summed E-state index contributed by atoms with van der Waals surface area (Å²) in [6.45, 7) is 11.2. The minimum Gasteiger partial charge on any atom is -0.390 e. The van der Waals surface area contributed by atoms with Crippen LogP contribution in [0.3, 0.4) is 0 Å². The summed E-state index contributed by atoms with van der Waals surface area (Å²) in [5.74, 6) is 1.24. The molecule has 2 rings (SSSR count). The van der Waals surface area contributed by atoms with Crippen molar-refractivity contribution in [1.82, 2.24) is 20.4 Å². The van der Waals surface area contributed by atoms with Crippen molar-refractivity contribution in [2.24, 2.45) is 17.8 Å². The molecular formula is C37H60N4O5. The van der Waals surface area contributed by atoms with E-state index in [4.69, 9.17) is 6.42 Å². The van der Waals surface area contributed by atoms with Crippen molar-refractivity contribution in [1.29, 1.82) is 0 Å². The predicted molar refractivity (Wildman–Crippen MR) is 184 cm³/mol. The van der Waals surface area contributed by atoms with E-state index in [0.717, 1.165) is 50.9 Å². The van der Waals surface area contributed by atoms with Crippen LogP contribution in [0.25, 0.3) is 0 Å². The molecule has 0 bridgehead atoms. The van der Waals surface area contributed by atoms with E-state index < -0.39 is 42.0 Å². The Morgan fingerprint density at radius 3 is 2.22 bits per heavy atom. The van der Waals surface area contributed by atoms with Crippen LogP contribution in [0.5, 0.6) is 0 Å². The van der Waals surface area contributed by atoms with E-state index in [0.29, 0.717) is 31.7 Å². The predicted octanol–water partition coefficient (Wildman–Crippen LogP) is 3.77. The summed E-state index contributed by atoms with van der Waals surface area (Å²) < 4.78 is 0. The molecule has 1 aliphatic carbocycles. The number of benzene rings is 1. The van der Waals surface area contributed by atoms with E-state index in [1.165, 1.54) is 6.42 Å². The standard InChI is InChI=1S/C37H60N4O5/c1-7-16-31(37(46)39-32(25-29-19-14-11-15-20-29)35(44)33(42)23-27(4)5)38-36(45)30(24-28-17-12-10-13-18-28)26-34(43)40(6)21-22-41(8-2)9-3/h1,10,12-13,17-18,27,29-33,35,42,44H,8-9,11,14-16,19-26H2,2-6H3,(H,38,45)(H,39,46)/t30-,31+,32?,33+,35-/m1/s1. The second-order valence-electron chi connectivity index (χ2n) is 13.4. The number of carbonyl (C=O) groups is 3. The van der Waals surface area contributed by atoms with Gasteiger partial charge in [-0.2, -0.15) is 0 Å². The van der Waals surface area contributed by atoms with Crippen molar-refractivity contribution in [2.45, 2.75) is 116 Å². The third-order valence-electron chi connectivity index (χ3n) is 9.30. The average molecular weight is 641 g/mol. The van der Waals surface area contributed by atoms with Gasteiger partial charge in [0.2, 0.25) is 17.7 Å². The van der Waals surface area contributed by atoms with Crippen molar-refractivity contribution < 1.29 is 24.6 Å². The molecule has 1 aromatic carbocycles. The molecule has 0 spiro atoms. The number of likely N-dealkylation sites (N-methyl/N-ethyl adjacent to an activating group) is 2. The maximum Gasteiger partial charge on any atom is 0.243 e. The summed E-state index contributed by atoms with van der Waals surface area (Å²) in [6, 6.07) is 7.79. The number of aliphatic hydroxyl groups is 2. The maximum atomic E-state index is 13.8. The third-order valence-corrected chi connectivity index (χ3v) is 9.30. The Morgan fingerprint density at radius 2 is 1.63 bits per heavy atom. The van der Waals surface area contributed by atoms with E-state index in [2.05, 4.69) is 35.3 Å². The highest BCUT2D eigenvalue weighted by Crippen LogP contribution is 2.29. The molecule has 1 fully saturated rings. The summed E-state index contributed by atoms with van der Waals surface area (Å²) in [4.78, 5) is 44.7. The van der Waals surface area contributed by atoms with Gasteiger partial charge in [-0.15, -0.1) is 12.3 Å². The lowest BCUT2D eigenvalue weighted by Crippen LogP contribution is -2.56. The number of carbonyl (C=O) groups excluding carboxylic acids is 3. The summed E-state index contributed by atoms with van der Waals surface area (Å²) in [6.07, 6.45) is 10.2. The van der Waals surface area contributed by atoms with Gasteiger partial charge in [-0.3, -0.25) is 14.4 Å². The van der Waals surface area contributed by atoms with Crippen molar-refractivity contribution in [2.75, 3.05) is 33.2 Å². The van der Waals surface area contributed by atoms with Gasteiger partial charge in [0.1, 0.15) is 12.1 Å². The van der Waals surface area contributed by atoms with Crippen LogP contribution in [0.1, 0.15) is 91.0 Å². The van der Waals surface area contributed by atoms with Gasteiger partial charge < -0.3 is 30.6 Å². The van der Waals surface area contributed by atoms with Crippen LogP contribution in [0.15, 0.2) is 30.3 Å². The molecular weight excluding hydrogens is 580 g/mol. The Morgan fingerprint density at radius 1 is 0.978 bits per heavy atom. The third kappa shape index (κ3) is 13.8. The number of hydrogen-bond donors (Lipinski definition) is 4. The van der Waals surface area contributed by atoms with E-state index in [-0.39, 0.29) is 24.7 Å². The molecule has 9 heteroatoms. The first-order valence-electron chi connectivity index (χ1n) is 17.4. The molecule has 0 radical (unpaired) electrons. The molecule has 0 aromatic heterocycles. The highest BCUT2D eigenvalue weighted by Gasteiger charge is 2.34. The van der Waals surface area contributed by atoms with Crippen LogP contribution in [-0.4, -0.2) is 95.3 Å². The number of nitrogens with one attached hydrogen (secondary N) is 2. The minimum absolute atomic E-state index is 0.00964.